The molecule has 0 aliphatic carbocycles. The van der Waals surface area contributed by atoms with Crippen LogP contribution in [0.3, 0.4) is 0 Å². The lowest BCUT2D eigenvalue weighted by molar-refractivity contribution is -0.141. The standard InChI is InChI=1S/C10H19NO5S/c1-5-7(9(13)14)11-8(12)6-17(15,16)10(2,3)4/h7H,5-6H2,1-4H3,(H,11,12)(H,13,14). The smallest absolute Gasteiger partial charge is 0.326 e. The highest BCUT2D eigenvalue weighted by Gasteiger charge is 2.32. The van der Waals surface area contributed by atoms with Gasteiger partial charge in [-0.15, -0.1) is 0 Å². The Hall–Kier alpha value is -1.11. The highest BCUT2D eigenvalue weighted by Crippen LogP contribution is 2.15. The van der Waals surface area contributed by atoms with Gasteiger partial charge in [-0.25, -0.2) is 13.2 Å². The van der Waals surface area contributed by atoms with Crippen LogP contribution in [0.15, 0.2) is 0 Å². The van der Waals surface area contributed by atoms with Crippen molar-refractivity contribution in [3.8, 4) is 0 Å². The average molecular weight is 265 g/mol. The first-order valence-electron chi connectivity index (χ1n) is 5.25. The lowest BCUT2D eigenvalue weighted by Gasteiger charge is -2.19. The molecular formula is C10H19NO5S. The largest absolute Gasteiger partial charge is 0.480 e. The highest BCUT2D eigenvalue weighted by atomic mass is 32.2. The van der Waals surface area contributed by atoms with Gasteiger partial charge in [-0.2, -0.15) is 0 Å². The Morgan fingerprint density at radius 2 is 1.76 bits per heavy atom. The third-order valence-electron chi connectivity index (χ3n) is 2.30. The van der Waals surface area contributed by atoms with Crippen molar-refractivity contribution < 1.29 is 23.1 Å². The molecule has 1 atom stereocenters. The van der Waals surface area contributed by atoms with E-state index in [1.54, 1.807) is 6.92 Å². The number of carboxylic acid groups (broad SMARTS) is 1. The fourth-order valence-electron chi connectivity index (χ4n) is 0.964. The summed E-state index contributed by atoms with van der Waals surface area (Å²) in [6, 6.07) is -1.04. The topological polar surface area (TPSA) is 101 Å². The molecular weight excluding hydrogens is 246 g/mol. The van der Waals surface area contributed by atoms with Crippen molar-refractivity contribution in [3.63, 3.8) is 0 Å². The van der Waals surface area contributed by atoms with Gasteiger partial charge in [0.05, 0.1) is 4.75 Å². The average Bonchev–Trinajstić information content (AvgIpc) is 2.10. The van der Waals surface area contributed by atoms with E-state index in [4.69, 9.17) is 5.11 Å². The first-order valence-corrected chi connectivity index (χ1v) is 6.91. The van der Waals surface area contributed by atoms with Gasteiger partial charge in [-0.05, 0) is 27.2 Å². The van der Waals surface area contributed by atoms with Crippen molar-refractivity contribution in [3.05, 3.63) is 0 Å². The van der Waals surface area contributed by atoms with Gasteiger partial charge in [0.1, 0.15) is 11.8 Å². The summed E-state index contributed by atoms with van der Waals surface area (Å²) in [5, 5.41) is 10.9. The molecule has 0 radical (unpaired) electrons. The summed E-state index contributed by atoms with van der Waals surface area (Å²) in [7, 11) is -3.58. The molecule has 6 nitrogen and oxygen atoms in total. The molecule has 1 unspecified atom stereocenters. The predicted octanol–water partition coefficient (Wildman–Crippen LogP) is 0.179. The summed E-state index contributed by atoms with van der Waals surface area (Å²) in [5.74, 6) is -2.65. The van der Waals surface area contributed by atoms with E-state index >= 15 is 0 Å². The number of carbonyl (C=O) groups excluding carboxylic acids is 1. The maximum Gasteiger partial charge on any atom is 0.326 e. The van der Waals surface area contributed by atoms with Crippen molar-refractivity contribution in [1.29, 1.82) is 0 Å². The zero-order chi connectivity index (χ0) is 13.9. The molecule has 0 aromatic rings. The molecule has 0 fully saturated rings. The molecule has 0 saturated carbocycles. The van der Waals surface area contributed by atoms with Gasteiger partial charge in [0.15, 0.2) is 9.84 Å². The number of aliphatic carboxylic acids is 1. The van der Waals surface area contributed by atoms with E-state index in [1.807, 2.05) is 0 Å². The van der Waals surface area contributed by atoms with Gasteiger partial charge < -0.3 is 10.4 Å². The maximum absolute atomic E-state index is 11.7. The van der Waals surface area contributed by atoms with Crippen molar-refractivity contribution >= 4 is 21.7 Å². The second kappa shape index (κ2) is 5.48. The number of sulfone groups is 1. The number of amides is 1. The normalized spacial score (nSPS) is 14.1. The van der Waals surface area contributed by atoms with Gasteiger partial charge in [0.25, 0.3) is 0 Å². The van der Waals surface area contributed by atoms with E-state index in [2.05, 4.69) is 5.32 Å². The minimum absolute atomic E-state index is 0.205. The second-order valence-electron chi connectivity index (χ2n) is 4.74. The molecule has 0 aromatic carbocycles. The molecule has 0 aliphatic heterocycles. The van der Waals surface area contributed by atoms with Crippen LogP contribution in [0, 0.1) is 0 Å². The number of carbonyl (C=O) groups is 2. The third kappa shape index (κ3) is 4.72. The zero-order valence-electron chi connectivity index (χ0n) is 10.5. The van der Waals surface area contributed by atoms with Crippen LogP contribution in [0.2, 0.25) is 0 Å². The van der Waals surface area contributed by atoms with Crippen molar-refractivity contribution in [2.75, 3.05) is 5.75 Å². The number of hydrogen-bond donors (Lipinski definition) is 2. The van der Waals surface area contributed by atoms with Crippen LogP contribution >= 0.6 is 0 Å². The van der Waals surface area contributed by atoms with Crippen LogP contribution in [0.1, 0.15) is 34.1 Å². The van der Waals surface area contributed by atoms with Gasteiger partial charge in [0.2, 0.25) is 5.91 Å². The fraction of sp³-hybridized carbons (Fsp3) is 0.800. The number of carboxylic acids is 1. The van der Waals surface area contributed by atoms with Gasteiger partial charge in [-0.3, -0.25) is 4.79 Å². The molecule has 100 valence electrons. The summed E-state index contributed by atoms with van der Waals surface area (Å²) >= 11 is 0. The van der Waals surface area contributed by atoms with Gasteiger partial charge in [-0.1, -0.05) is 6.92 Å². The van der Waals surface area contributed by atoms with Gasteiger partial charge >= 0.3 is 5.97 Å². The van der Waals surface area contributed by atoms with Crippen molar-refractivity contribution in [2.24, 2.45) is 0 Å². The molecule has 0 heterocycles. The molecule has 0 aromatic heterocycles. The van der Waals surface area contributed by atoms with Crippen molar-refractivity contribution in [1.82, 2.24) is 5.32 Å². The van der Waals surface area contributed by atoms with Crippen molar-refractivity contribution in [2.45, 2.75) is 44.9 Å². The Morgan fingerprint density at radius 3 is 2.06 bits per heavy atom. The molecule has 1 amide bonds. The van der Waals surface area contributed by atoms with E-state index in [-0.39, 0.29) is 6.42 Å². The highest BCUT2D eigenvalue weighted by molar-refractivity contribution is 7.93. The fourth-order valence-corrected chi connectivity index (χ4v) is 1.83. The zero-order valence-corrected chi connectivity index (χ0v) is 11.3. The number of nitrogens with one attached hydrogen (secondary N) is 1. The molecule has 0 aliphatic rings. The Bertz CT molecular complexity index is 393. The predicted molar refractivity (Wildman–Crippen MR) is 63.4 cm³/mol. The third-order valence-corrected chi connectivity index (χ3v) is 4.80. The van der Waals surface area contributed by atoms with Gasteiger partial charge in [0, 0.05) is 0 Å². The first-order chi connectivity index (χ1) is 7.51. The molecule has 0 saturated heterocycles. The molecule has 0 rings (SSSR count). The minimum atomic E-state index is -3.58. The van der Waals surface area contributed by atoms with E-state index in [0.29, 0.717) is 0 Å². The SMILES string of the molecule is CCC(NC(=O)CS(=O)(=O)C(C)(C)C)C(=O)O. The van der Waals surface area contributed by atoms with Crippen LogP contribution in [-0.2, 0) is 19.4 Å². The first kappa shape index (κ1) is 15.9. The Balaban J connectivity index is 4.64. The lowest BCUT2D eigenvalue weighted by Crippen LogP contribution is -2.45. The molecule has 7 heteroatoms. The molecule has 2 N–H and O–H groups in total. The monoisotopic (exact) mass is 265 g/mol. The Labute approximate surface area is 101 Å². The second-order valence-corrected chi connectivity index (χ2v) is 7.48. The summed E-state index contributed by atoms with van der Waals surface area (Å²) < 4.78 is 22.4. The molecule has 0 spiro atoms. The quantitative estimate of drug-likeness (QED) is 0.738. The van der Waals surface area contributed by atoms with Crippen LogP contribution in [-0.4, -0.2) is 41.9 Å². The van der Waals surface area contributed by atoms with Crippen LogP contribution in [0.25, 0.3) is 0 Å². The Kier molecular flexibility index (Phi) is 5.12. The number of hydrogen-bond acceptors (Lipinski definition) is 4. The van der Waals surface area contributed by atoms with E-state index in [0.717, 1.165) is 0 Å². The number of rotatable bonds is 5. The van der Waals surface area contributed by atoms with E-state index in [1.165, 1.54) is 20.8 Å². The van der Waals surface area contributed by atoms with Crippen LogP contribution in [0.5, 0.6) is 0 Å². The molecule has 17 heavy (non-hydrogen) atoms. The van der Waals surface area contributed by atoms with E-state index in [9.17, 15) is 18.0 Å². The summed E-state index contributed by atoms with van der Waals surface area (Å²) in [6.45, 7) is 6.07. The summed E-state index contributed by atoms with van der Waals surface area (Å²) in [5.41, 5.74) is 0. The Morgan fingerprint density at radius 1 is 1.29 bits per heavy atom. The maximum atomic E-state index is 11.7. The van der Waals surface area contributed by atoms with Crippen LogP contribution < -0.4 is 5.32 Å². The summed E-state index contributed by atoms with van der Waals surface area (Å²) in [4.78, 5) is 22.1. The molecule has 0 bridgehead atoms. The van der Waals surface area contributed by atoms with Crippen LogP contribution in [0.4, 0.5) is 0 Å². The lowest BCUT2D eigenvalue weighted by atomic mass is 10.2. The minimum Gasteiger partial charge on any atom is -0.480 e. The van der Waals surface area contributed by atoms with E-state index < -0.39 is 38.3 Å². The summed E-state index contributed by atoms with van der Waals surface area (Å²) in [6.07, 6.45) is 0.205.